The number of hydrogen-bond acceptors (Lipinski definition) is 4. The van der Waals surface area contributed by atoms with Crippen LogP contribution < -0.4 is 10.0 Å². The highest BCUT2D eigenvalue weighted by molar-refractivity contribution is 7.89. The molecule has 1 amide bonds. The summed E-state index contributed by atoms with van der Waals surface area (Å²) in [7, 11) is -4.37. The van der Waals surface area contributed by atoms with E-state index in [2.05, 4.69) is 5.32 Å². The third kappa shape index (κ3) is 5.14. The molecule has 1 atom stereocenters. The number of anilines is 1. The highest BCUT2D eigenvalue weighted by atomic mass is 32.2. The fourth-order valence-electron chi connectivity index (χ4n) is 2.64. The Bertz CT molecular complexity index is 979. The molecule has 0 heterocycles. The van der Waals surface area contributed by atoms with E-state index in [0.29, 0.717) is 5.69 Å². The highest BCUT2D eigenvalue weighted by Crippen LogP contribution is 2.38. The second-order valence-electron chi connectivity index (χ2n) is 6.43. The molecule has 2 rings (SSSR count). The molecule has 2 aromatic carbocycles. The zero-order chi connectivity index (χ0) is 21.9. The molecule has 0 saturated carbocycles. The molecule has 6 nitrogen and oxygen atoms in total. The fraction of sp³-hybridized carbons (Fsp3) is 0.316. The number of aryl methyl sites for hydroxylation is 1. The Kier molecular flexibility index (Phi) is 6.71. The predicted octanol–water partition coefficient (Wildman–Crippen LogP) is 3.07. The van der Waals surface area contributed by atoms with E-state index in [-0.39, 0.29) is 22.8 Å². The Morgan fingerprint density at radius 1 is 1.10 bits per heavy atom. The van der Waals surface area contributed by atoms with Gasteiger partial charge in [-0.2, -0.15) is 13.2 Å². The van der Waals surface area contributed by atoms with E-state index in [9.17, 15) is 31.5 Å². The summed E-state index contributed by atoms with van der Waals surface area (Å²) in [6.45, 7) is 1.80. The molecular formula is C19H21F3N2O4S. The Labute approximate surface area is 166 Å². The minimum Gasteiger partial charge on any atom is -0.375 e. The number of aliphatic hydroxyl groups is 1. The maximum atomic E-state index is 13.5. The first-order valence-corrected chi connectivity index (χ1v) is 10.1. The molecule has 0 spiro atoms. The van der Waals surface area contributed by atoms with Gasteiger partial charge in [0, 0.05) is 12.1 Å². The minimum atomic E-state index is -5.11. The third-order valence-corrected chi connectivity index (χ3v) is 5.87. The Balaban J connectivity index is 2.29. The monoisotopic (exact) mass is 430 g/mol. The lowest BCUT2D eigenvalue weighted by atomic mass is 9.93. The molecule has 3 N–H and O–H groups in total. The number of halogens is 3. The van der Waals surface area contributed by atoms with Crippen molar-refractivity contribution >= 4 is 21.6 Å². The van der Waals surface area contributed by atoms with Crippen molar-refractivity contribution in [1.82, 2.24) is 4.72 Å². The van der Waals surface area contributed by atoms with Crippen LogP contribution in [-0.2, 0) is 20.4 Å². The summed E-state index contributed by atoms with van der Waals surface area (Å²) in [5, 5.41) is 12.8. The van der Waals surface area contributed by atoms with E-state index in [1.54, 1.807) is 6.92 Å². The minimum absolute atomic E-state index is 0.224. The van der Waals surface area contributed by atoms with Crippen LogP contribution in [0, 0.1) is 6.92 Å². The number of alkyl halides is 3. The predicted molar refractivity (Wildman–Crippen MR) is 102 cm³/mol. The van der Waals surface area contributed by atoms with E-state index in [1.807, 2.05) is 4.72 Å². The standard InChI is InChI=1S/C19H21F3N2O4S/c1-3-17(25)24-15-9-10-16(13(2)11-15)29(27,28)23-12-18(26,19(20,21)22)14-7-5-4-6-8-14/h4-11,23,26H,3,12H2,1-2H3,(H,24,25). The molecule has 0 saturated heterocycles. The van der Waals surface area contributed by atoms with Crippen LogP contribution in [0.3, 0.4) is 0 Å². The quantitative estimate of drug-likeness (QED) is 0.629. The van der Waals surface area contributed by atoms with E-state index in [1.165, 1.54) is 43.3 Å². The average Bonchev–Trinajstić information content (AvgIpc) is 2.65. The van der Waals surface area contributed by atoms with E-state index in [4.69, 9.17) is 0 Å². The molecule has 10 heteroatoms. The second kappa shape index (κ2) is 8.52. The van der Waals surface area contributed by atoms with Crippen LogP contribution in [0.4, 0.5) is 18.9 Å². The van der Waals surface area contributed by atoms with Crippen LogP contribution in [-0.4, -0.2) is 32.2 Å². The topological polar surface area (TPSA) is 95.5 Å². The number of carbonyl (C=O) groups is 1. The summed E-state index contributed by atoms with van der Waals surface area (Å²) in [4.78, 5) is 11.2. The highest BCUT2D eigenvalue weighted by Gasteiger charge is 2.55. The average molecular weight is 430 g/mol. The molecule has 0 aliphatic heterocycles. The van der Waals surface area contributed by atoms with E-state index < -0.39 is 33.9 Å². The molecule has 0 radical (unpaired) electrons. The number of benzene rings is 2. The van der Waals surface area contributed by atoms with Crippen LogP contribution >= 0.6 is 0 Å². The summed E-state index contributed by atoms with van der Waals surface area (Å²) in [6.07, 6.45) is -4.88. The number of nitrogens with one attached hydrogen (secondary N) is 2. The van der Waals surface area contributed by atoms with Crippen molar-refractivity contribution in [2.75, 3.05) is 11.9 Å². The van der Waals surface area contributed by atoms with Crippen LogP contribution in [0.2, 0.25) is 0 Å². The molecule has 0 bridgehead atoms. The third-order valence-electron chi connectivity index (χ3n) is 4.31. The number of hydrogen-bond donors (Lipinski definition) is 3. The van der Waals surface area contributed by atoms with Crippen LogP contribution in [0.15, 0.2) is 53.4 Å². The number of sulfonamides is 1. The second-order valence-corrected chi connectivity index (χ2v) is 8.17. The normalized spacial score (nSPS) is 14.3. The van der Waals surface area contributed by atoms with Crippen molar-refractivity contribution in [2.45, 2.75) is 36.9 Å². The summed E-state index contributed by atoms with van der Waals surface area (Å²) in [5.41, 5.74) is -3.29. The van der Waals surface area contributed by atoms with Crippen molar-refractivity contribution in [3.05, 3.63) is 59.7 Å². The summed E-state index contributed by atoms with van der Waals surface area (Å²) in [5.74, 6) is -0.267. The van der Waals surface area contributed by atoms with Gasteiger partial charge < -0.3 is 10.4 Å². The van der Waals surface area contributed by atoms with E-state index in [0.717, 1.165) is 12.1 Å². The summed E-state index contributed by atoms with van der Waals surface area (Å²) < 4.78 is 67.6. The van der Waals surface area contributed by atoms with Gasteiger partial charge >= 0.3 is 6.18 Å². The largest absolute Gasteiger partial charge is 0.422 e. The van der Waals surface area contributed by atoms with Gasteiger partial charge in [0.05, 0.1) is 11.4 Å². The summed E-state index contributed by atoms with van der Waals surface area (Å²) >= 11 is 0. The van der Waals surface area contributed by atoms with Crippen molar-refractivity contribution in [2.24, 2.45) is 0 Å². The van der Waals surface area contributed by atoms with Crippen molar-refractivity contribution < 1.29 is 31.5 Å². The number of carbonyl (C=O) groups excluding carboxylic acids is 1. The van der Waals surface area contributed by atoms with Crippen molar-refractivity contribution in [3.8, 4) is 0 Å². The van der Waals surface area contributed by atoms with Crippen LogP contribution in [0.5, 0.6) is 0 Å². The van der Waals surface area contributed by atoms with Crippen LogP contribution in [0.1, 0.15) is 24.5 Å². The van der Waals surface area contributed by atoms with Crippen molar-refractivity contribution in [3.63, 3.8) is 0 Å². The van der Waals surface area contributed by atoms with Gasteiger partial charge in [-0.1, -0.05) is 37.3 Å². The van der Waals surface area contributed by atoms with E-state index >= 15 is 0 Å². The first-order valence-electron chi connectivity index (χ1n) is 8.65. The maximum absolute atomic E-state index is 13.5. The molecule has 0 aliphatic rings. The lowest BCUT2D eigenvalue weighted by molar-refractivity contribution is -0.263. The Morgan fingerprint density at radius 3 is 2.24 bits per heavy atom. The van der Waals surface area contributed by atoms with Gasteiger partial charge in [0.2, 0.25) is 15.9 Å². The lowest BCUT2D eigenvalue weighted by Crippen LogP contribution is -2.51. The molecule has 158 valence electrons. The maximum Gasteiger partial charge on any atom is 0.422 e. The van der Waals surface area contributed by atoms with Crippen molar-refractivity contribution in [1.29, 1.82) is 0 Å². The number of amides is 1. The molecule has 0 aromatic heterocycles. The number of rotatable bonds is 7. The Hall–Kier alpha value is -2.43. The fourth-order valence-corrected chi connectivity index (χ4v) is 3.92. The summed E-state index contributed by atoms with van der Waals surface area (Å²) in [6, 6.07) is 10.2. The van der Waals surface area contributed by atoms with Crippen LogP contribution in [0.25, 0.3) is 0 Å². The SMILES string of the molecule is CCC(=O)Nc1ccc(S(=O)(=O)NCC(O)(c2ccccc2)C(F)(F)F)c(C)c1. The van der Waals surface area contributed by atoms with Gasteiger partial charge in [-0.15, -0.1) is 0 Å². The molecular weight excluding hydrogens is 409 g/mol. The smallest absolute Gasteiger partial charge is 0.375 e. The van der Waals surface area contributed by atoms with Gasteiger partial charge in [-0.25, -0.2) is 13.1 Å². The van der Waals surface area contributed by atoms with Gasteiger partial charge in [-0.05, 0) is 36.2 Å². The van der Waals surface area contributed by atoms with Gasteiger partial charge in [0.15, 0.2) is 5.60 Å². The lowest BCUT2D eigenvalue weighted by Gasteiger charge is -2.31. The zero-order valence-corrected chi connectivity index (χ0v) is 16.6. The molecule has 1 unspecified atom stereocenters. The van der Waals surface area contributed by atoms with Gasteiger partial charge in [0.1, 0.15) is 0 Å². The molecule has 29 heavy (non-hydrogen) atoms. The van der Waals surface area contributed by atoms with Gasteiger partial charge in [0.25, 0.3) is 0 Å². The Morgan fingerprint density at radius 2 is 1.72 bits per heavy atom. The molecule has 2 aromatic rings. The van der Waals surface area contributed by atoms with Gasteiger partial charge in [-0.3, -0.25) is 4.79 Å². The molecule has 0 fully saturated rings. The first kappa shape index (κ1) is 22.9. The first-order chi connectivity index (χ1) is 13.4. The molecule has 0 aliphatic carbocycles. The zero-order valence-electron chi connectivity index (χ0n) is 15.7.